The Balaban J connectivity index is 2.89. The van der Waals surface area contributed by atoms with Crippen LogP contribution in [0.15, 0.2) is 18.2 Å². The Morgan fingerprint density at radius 2 is 2.25 bits per heavy atom. The van der Waals surface area contributed by atoms with Gasteiger partial charge in [-0.1, -0.05) is 6.07 Å². The van der Waals surface area contributed by atoms with Crippen LogP contribution in [-0.4, -0.2) is 10.9 Å². The standard InChI is InChI=1S/C9H11NO2/c1-6(11)4-7-2-3-8(10)9(12)5-7/h2-3,5,12H,4,10H2,1H3. The van der Waals surface area contributed by atoms with Crippen LogP contribution >= 0.6 is 0 Å². The molecule has 0 saturated heterocycles. The molecule has 3 N–H and O–H groups in total. The van der Waals surface area contributed by atoms with Crippen LogP contribution in [0.4, 0.5) is 5.69 Å². The van der Waals surface area contributed by atoms with Crippen LogP contribution in [0.2, 0.25) is 0 Å². The van der Waals surface area contributed by atoms with Crippen LogP contribution in [0.1, 0.15) is 12.5 Å². The monoisotopic (exact) mass is 165 g/mol. The number of phenolic OH excluding ortho intramolecular Hbond substituents is 1. The molecule has 12 heavy (non-hydrogen) atoms. The molecule has 0 spiro atoms. The zero-order valence-electron chi connectivity index (χ0n) is 6.87. The second-order valence-corrected chi connectivity index (χ2v) is 2.77. The van der Waals surface area contributed by atoms with E-state index in [2.05, 4.69) is 0 Å². The Morgan fingerprint density at radius 1 is 1.58 bits per heavy atom. The van der Waals surface area contributed by atoms with E-state index in [0.29, 0.717) is 12.1 Å². The zero-order valence-corrected chi connectivity index (χ0v) is 6.87. The van der Waals surface area contributed by atoms with Gasteiger partial charge in [0.25, 0.3) is 0 Å². The Kier molecular flexibility index (Phi) is 2.33. The zero-order chi connectivity index (χ0) is 9.14. The van der Waals surface area contributed by atoms with Gasteiger partial charge in [0.1, 0.15) is 11.5 Å². The smallest absolute Gasteiger partial charge is 0.138 e. The first-order valence-electron chi connectivity index (χ1n) is 3.66. The largest absolute Gasteiger partial charge is 0.506 e. The molecule has 0 atom stereocenters. The third kappa shape index (κ3) is 1.99. The second kappa shape index (κ2) is 3.26. The molecule has 1 aromatic carbocycles. The number of ketones is 1. The van der Waals surface area contributed by atoms with Crippen LogP contribution < -0.4 is 5.73 Å². The molecule has 0 bridgehead atoms. The fourth-order valence-electron chi connectivity index (χ4n) is 0.987. The second-order valence-electron chi connectivity index (χ2n) is 2.77. The maximum atomic E-state index is 10.7. The highest BCUT2D eigenvalue weighted by atomic mass is 16.3. The summed E-state index contributed by atoms with van der Waals surface area (Å²) in [6.07, 6.45) is 0.341. The van der Waals surface area contributed by atoms with Crippen LogP contribution in [0, 0.1) is 0 Å². The van der Waals surface area contributed by atoms with Gasteiger partial charge < -0.3 is 10.8 Å². The van der Waals surface area contributed by atoms with Crippen molar-refractivity contribution in [1.29, 1.82) is 0 Å². The molecule has 0 amide bonds. The number of rotatable bonds is 2. The molecule has 0 aliphatic rings. The summed E-state index contributed by atoms with van der Waals surface area (Å²) >= 11 is 0. The lowest BCUT2D eigenvalue weighted by Crippen LogP contribution is -1.96. The SMILES string of the molecule is CC(=O)Cc1ccc(N)c(O)c1. The summed E-state index contributed by atoms with van der Waals surface area (Å²) < 4.78 is 0. The Morgan fingerprint density at radius 3 is 2.75 bits per heavy atom. The number of benzene rings is 1. The van der Waals surface area contributed by atoms with E-state index in [9.17, 15) is 9.90 Å². The Labute approximate surface area is 70.8 Å². The van der Waals surface area contributed by atoms with Crippen molar-refractivity contribution in [2.75, 3.05) is 5.73 Å². The molecule has 3 heteroatoms. The molecule has 1 aromatic rings. The summed E-state index contributed by atoms with van der Waals surface area (Å²) in [6.45, 7) is 1.51. The van der Waals surface area contributed by atoms with Gasteiger partial charge in [-0.15, -0.1) is 0 Å². The fraction of sp³-hybridized carbons (Fsp3) is 0.222. The molecule has 0 aliphatic heterocycles. The molecule has 0 unspecified atom stereocenters. The number of aromatic hydroxyl groups is 1. The summed E-state index contributed by atoms with van der Waals surface area (Å²) in [5, 5.41) is 9.18. The van der Waals surface area contributed by atoms with E-state index in [0.717, 1.165) is 5.56 Å². The molecule has 64 valence electrons. The molecule has 1 rings (SSSR count). The predicted molar refractivity (Wildman–Crippen MR) is 46.9 cm³/mol. The van der Waals surface area contributed by atoms with Crippen LogP contribution in [-0.2, 0) is 11.2 Å². The number of nitrogen functional groups attached to an aromatic ring is 1. The van der Waals surface area contributed by atoms with Crippen molar-refractivity contribution >= 4 is 11.5 Å². The van der Waals surface area contributed by atoms with Crippen LogP contribution in [0.3, 0.4) is 0 Å². The van der Waals surface area contributed by atoms with Gasteiger partial charge in [-0.05, 0) is 24.6 Å². The minimum absolute atomic E-state index is 0.0359. The quantitative estimate of drug-likeness (QED) is 0.509. The number of hydrogen-bond acceptors (Lipinski definition) is 3. The van der Waals surface area contributed by atoms with Crippen molar-refractivity contribution in [3.8, 4) is 5.75 Å². The maximum absolute atomic E-state index is 10.7. The van der Waals surface area contributed by atoms with E-state index in [1.807, 2.05) is 0 Å². The molecule has 0 radical (unpaired) electrons. The van der Waals surface area contributed by atoms with E-state index in [-0.39, 0.29) is 11.5 Å². The topological polar surface area (TPSA) is 63.3 Å². The first-order valence-corrected chi connectivity index (χ1v) is 3.66. The molecule has 0 aromatic heterocycles. The summed E-state index contributed by atoms with van der Waals surface area (Å²) in [5.74, 6) is 0.105. The average Bonchev–Trinajstić information content (AvgIpc) is 1.96. The molecule has 0 heterocycles. The fourth-order valence-corrected chi connectivity index (χ4v) is 0.987. The summed E-state index contributed by atoms with van der Waals surface area (Å²) in [5.41, 5.74) is 6.51. The highest BCUT2D eigenvalue weighted by Crippen LogP contribution is 2.20. The van der Waals surface area contributed by atoms with Crippen molar-refractivity contribution in [3.05, 3.63) is 23.8 Å². The van der Waals surface area contributed by atoms with Gasteiger partial charge in [0.05, 0.1) is 5.69 Å². The van der Waals surface area contributed by atoms with Gasteiger partial charge >= 0.3 is 0 Å². The number of hydrogen-bond donors (Lipinski definition) is 2. The maximum Gasteiger partial charge on any atom is 0.138 e. The molecule has 3 nitrogen and oxygen atoms in total. The van der Waals surface area contributed by atoms with Gasteiger partial charge in [-0.25, -0.2) is 0 Å². The number of carbonyl (C=O) groups excluding carboxylic acids is 1. The van der Waals surface area contributed by atoms with Gasteiger partial charge in [0.15, 0.2) is 0 Å². The first kappa shape index (κ1) is 8.59. The van der Waals surface area contributed by atoms with Gasteiger partial charge in [-0.2, -0.15) is 0 Å². The van der Waals surface area contributed by atoms with Gasteiger partial charge in [0, 0.05) is 6.42 Å². The molecule has 0 fully saturated rings. The van der Waals surface area contributed by atoms with Crippen molar-refractivity contribution < 1.29 is 9.90 Å². The summed E-state index contributed by atoms with van der Waals surface area (Å²) in [4.78, 5) is 10.7. The Bertz CT molecular complexity index is 307. The van der Waals surface area contributed by atoms with E-state index in [4.69, 9.17) is 5.73 Å². The lowest BCUT2D eigenvalue weighted by Gasteiger charge is -2.01. The first-order chi connectivity index (χ1) is 5.59. The highest BCUT2D eigenvalue weighted by Gasteiger charge is 2.00. The summed E-state index contributed by atoms with van der Waals surface area (Å²) in [7, 11) is 0. The number of nitrogens with two attached hydrogens (primary N) is 1. The van der Waals surface area contributed by atoms with Gasteiger partial charge in [-0.3, -0.25) is 4.79 Å². The number of phenols is 1. The van der Waals surface area contributed by atoms with Crippen molar-refractivity contribution in [3.63, 3.8) is 0 Å². The average molecular weight is 165 g/mol. The van der Waals surface area contributed by atoms with Crippen molar-refractivity contribution in [2.45, 2.75) is 13.3 Å². The van der Waals surface area contributed by atoms with Crippen molar-refractivity contribution in [2.24, 2.45) is 0 Å². The van der Waals surface area contributed by atoms with E-state index in [1.54, 1.807) is 12.1 Å². The molecule has 0 aliphatic carbocycles. The van der Waals surface area contributed by atoms with E-state index < -0.39 is 0 Å². The van der Waals surface area contributed by atoms with Crippen molar-refractivity contribution in [1.82, 2.24) is 0 Å². The number of Topliss-reactive ketones (excluding diaryl/α,β-unsaturated/α-hetero) is 1. The molecular weight excluding hydrogens is 154 g/mol. The van der Waals surface area contributed by atoms with E-state index >= 15 is 0 Å². The lowest BCUT2D eigenvalue weighted by molar-refractivity contribution is -0.116. The normalized spacial score (nSPS) is 9.75. The van der Waals surface area contributed by atoms with Crippen LogP contribution in [0.25, 0.3) is 0 Å². The minimum Gasteiger partial charge on any atom is -0.506 e. The minimum atomic E-state index is 0.0359. The van der Waals surface area contributed by atoms with Crippen LogP contribution in [0.5, 0.6) is 5.75 Å². The molecular formula is C9H11NO2. The Hall–Kier alpha value is -1.51. The highest BCUT2D eigenvalue weighted by molar-refractivity contribution is 5.78. The lowest BCUT2D eigenvalue weighted by atomic mass is 10.1. The molecule has 0 saturated carbocycles. The number of carbonyl (C=O) groups is 1. The number of anilines is 1. The van der Waals surface area contributed by atoms with E-state index in [1.165, 1.54) is 13.0 Å². The third-order valence-electron chi connectivity index (χ3n) is 1.55. The third-order valence-corrected chi connectivity index (χ3v) is 1.55. The predicted octanol–water partition coefficient (Wildman–Crippen LogP) is 1.11. The van der Waals surface area contributed by atoms with Gasteiger partial charge in [0.2, 0.25) is 0 Å². The summed E-state index contributed by atoms with van der Waals surface area (Å²) in [6, 6.07) is 4.83.